The highest BCUT2D eigenvalue weighted by molar-refractivity contribution is 7.17. The third kappa shape index (κ3) is 4.78. The minimum Gasteiger partial charge on any atom is -0.464 e. The lowest BCUT2D eigenvalue weighted by molar-refractivity contribution is 0.0591. The Labute approximate surface area is 128 Å². The number of carbonyl (C=O) groups excluding carboxylic acids is 2. The molecule has 1 rings (SSSR count). The monoisotopic (exact) mass is 314 g/mol. The van der Waals surface area contributed by atoms with E-state index in [9.17, 15) is 9.59 Å². The number of rotatable bonds is 8. The fraction of sp³-hybridized carbons (Fsp3) is 0.643. The third-order valence-electron chi connectivity index (χ3n) is 2.94. The number of methoxy groups -OCH3 is 1. The van der Waals surface area contributed by atoms with Crippen LogP contribution in [0.5, 0.6) is 0 Å². The first-order valence-electron chi connectivity index (χ1n) is 6.85. The number of aromatic nitrogens is 1. The van der Waals surface area contributed by atoms with Gasteiger partial charge in [0.05, 0.1) is 19.8 Å². The van der Waals surface area contributed by atoms with Crippen LogP contribution < -0.4 is 5.32 Å². The van der Waals surface area contributed by atoms with Gasteiger partial charge in [0.2, 0.25) is 0 Å². The minimum absolute atomic E-state index is 0.0569. The summed E-state index contributed by atoms with van der Waals surface area (Å²) in [5, 5.41) is 3.76. The molecule has 1 N–H and O–H groups in total. The standard InChI is InChI=1S/C14H22N2O4S/c1-6-20-7-10(8(2)3)15-14-16-11(13(18)19-5)12(21-14)9(4)17/h8,10H,6-7H2,1-5H3,(H,15,16). The Hall–Kier alpha value is -1.47. The molecule has 0 saturated heterocycles. The van der Waals surface area contributed by atoms with Gasteiger partial charge in [-0.25, -0.2) is 9.78 Å². The molecule has 0 aliphatic rings. The van der Waals surface area contributed by atoms with E-state index in [-0.39, 0.29) is 17.5 Å². The van der Waals surface area contributed by atoms with E-state index in [0.29, 0.717) is 29.1 Å². The molecule has 6 nitrogen and oxygen atoms in total. The number of hydrogen-bond donors (Lipinski definition) is 1. The van der Waals surface area contributed by atoms with Crippen molar-refractivity contribution in [3.8, 4) is 0 Å². The fourth-order valence-corrected chi connectivity index (χ4v) is 2.57. The van der Waals surface area contributed by atoms with Crippen LogP contribution in [-0.4, -0.2) is 43.1 Å². The predicted octanol–water partition coefficient (Wildman–Crippen LogP) is 2.61. The summed E-state index contributed by atoms with van der Waals surface area (Å²) in [5.74, 6) is -0.481. The van der Waals surface area contributed by atoms with Crippen molar-refractivity contribution in [2.45, 2.75) is 33.7 Å². The zero-order valence-electron chi connectivity index (χ0n) is 13.1. The first-order valence-corrected chi connectivity index (χ1v) is 7.66. The van der Waals surface area contributed by atoms with E-state index in [1.807, 2.05) is 6.92 Å². The molecule has 0 aliphatic heterocycles. The molecule has 1 aromatic heterocycles. The average Bonchev–Trinajstić information content (AvgIpc) is 2.86. The molecule has 1 unspecified atom stereocenters. The summed E-state index contributed by atoms with van der Waals surface area (Å²) in [5.41, 5.74) is 0.0661. The number of hydrogen-bond acceptors (Lipinski definition) is 7. The Balaban J connectivity index is 2.97. The van der Waals surface area contributed by atoms with Crippen LogP contribution in [0.15, 0.2) is 0 Å². The SMILES string of the molecule is CCOCC(Nc1nc(C(=O)OC)c(C(C)=O)s1)C(C)C. The van der Waals surface area contributed by atoms with Crippen molar-refractivity contribution in [2.75, 3.05) is 25.6 Å². The molecule has 0 radical (unpaired) electrons. The Bertz CT molecular complexity index is 499. The maximum Gasteiger partial charge on any atom is 0.358 e. The minimum atomic E-state index is -0.601. The lowest BCUT2D eigenvalue weighted by Crippen LogP contribution is -2.30. The zero-order chi connectivity index (χ0) is 16.0. The fourth-order valence-electron chi connectivity index (χ4n) is 1.66. The van der Waals surface area contributed by atoms with E-state index in [2.05, 4.69) is 28.9 Å². The topological polar surface area (TPSA) is 77.5 Å². The Morgan fingerprint density at radius 3 is 2.52 bits per heavy atom. The van der Waals surface area contributed by atoms with Gasteiger partial charge in [0.15, 0.2) is 16.6 Å². The number of esters is 1. The molecular weight excluding hydrogens is 292 g/mol. The molecule has 7 heteroatoms. The van der Waals surface area contributed by atoms with Crippen LogP contribution >= 0.6 is 11.3 Å². The van der Waals surface area contributed by atoms with Crippen molar-refractivity contribution in [1.82, 2.24) is 4.98 Å². The van der Waals surface area contributed by atoms with E-state index >= 15 is 0 Å². The second kappa shape index (κ2) is 8.09. The van der Waals surface area contributed by atoms with Gasteiger partial charge >= 0.3 is 5.97 Å². The van der Waals surface area contributed by atoms with Crippen LogP contribution in [0.3, 0.4) is 0 Å². The molecule has 0 spiro atoms. The highest BCUT2D eigenvalue weighted by Crippen LogP contribution is 2.25. The van der Waals surface area contributed by atoms with Gasteiger partial charge < -0.3 is 14.8 Å². The van der Waals surface area contributed by atoms with Crippen LogP contribution in [0, 0.1) is 5.92 Å². The summed E-state index contributed by atoms with van der Waals surface area (Å²) in [6, 6.07) is 0.0569. The number of nitrogens with one attached hydrogen (secondary N) is 1. The second-order valence-corrected chi connectivity index (χ2v) is 5.90. The van der Waals surface area contributed by atoms with Crippen LogP contribution in [0.2, 0.25) is 0 Å². The molecule has 118 valence electrons. The first-order chi connectivity index (χ1) is 9.90. The molecule has 1 aromatic rings. The van der Waals surface area contributed by atoms with Gasteiger partial charge in [-0.2, -0.15) is 0 Å². The van der Waals surface area contributed by atoms with Gasteiger partial charge in [0, 0.05) is 13.5 Å². The molecule has 1 atom stereocenters. The summed E-state index contributed by atoms with van der Waals surface area (Å²) < 4.78 is 10.1. The smallest absolute Gasteiger partial charge is 0.358 e. The third-order valence-corrected chi connectivity index (χ3v) is 4.03. The highest BCUT2D eigenvalue weighted by atomic mass is 32.1. The number of anilines is 1. The average molecular weight is 314 g/mol. The maximum atomic E-state index is 11.7. The van der Waals surface area contributed by atoms with Gasteiger partial charge in [-0.15, -0.1) is 0 Å². The summed E-state index contributed by atoms with van der Waals surface area (Å²) >= 11 is 1.16. The predicted molar refractivity (Wildman–Crippen MR) is 82.2 cm³/mol. The molecule has 0 saturated carbocycles. The molecule has 21 heavy (non-hydrogen) atoms. The summed E-state index contributed by atoms with van der Waals surface area (Å²) in [7, 11) is 1.27. The van der Waals surface area contributed by atoms with E-state index in [1.165, 1.54) is 14.0 Å². The molecular formula is C14H22N2O4S. The van der Waals surface area contributed by atoms with Crippen LogP contribution in [0.25, 0.3) is 0 Å². The van der Waals surface area contributed by atoms with Crippen molar-refractivity contribution >= 4 is 28.2 Å². The summed E-state index contributed by atoms with van der Waals surface area (Å²) in [6.45, 7) is 8.65. The normalized spacial score (nSPS) is 12.3. The van der Waals surface area contributed by atoms with Gasteiger partial charge in [0.25, 0.3) is 0 Å². The van der Waals surface area contributed by atoms with Crippen molar-refractivity contribution in [2.24, 2.45) is 5.92 Å². The van der Waals surface area contributed by atoms with Crippen molar-refractivity contribution in [3.05, 3.63) is 10.6 Å². The molecule has 0 aliphatic carbocycles. The largest absolute Gasteiger partial charge is 0.464 e. The molecule has 0 aromatic carbocycles. The van der Waals surface area contributed by atoms with Gasteiger partial charge in [-0.05, 0) is 12.8 Å². The Morgan fingerprint density at radius 2 is 2.05 bits per heavy atom. The van der Waals surface area contributed by atoms with E-state index in [0.717, 1.165) is 11.3 Å². The lowest BCUT2D eigenvalue weighted by Gasteiger charge is -2.21. The van der Waals surface area contributed by atoms with Crippen LogP contribution in [0.1, 0.15) is 47.9 Å². The highest BCUT2D eigenvalue weighted by Gasteiger charge is 2.23. The Kier molecular flexibility index (Phi) is 6.77. The Morgan fingerprint density at radius 1 is 1.38 bits per heavy atom. The van der Waals surface area contributed by atoms with Crippen molar-refractivity contribution in [3.63, 3.8) is 0 Å². The van der Waals surface area contributed by atoms with Gasteiger partial charge in [0.1, 0.15) is 4.88 Å². The number of nitrogens with zero attached hydrogens (tertiary/aromatic N) is 1. The number of ketones is 1. The second-order valence-electron chi connectivity index (χ2n) is 4.90. The number of thiazole rings is 1. The van der Waals surface area contributed by atoms with E-state index < -0.39 is 5.97 Å². The van der Waals surface area contributed by atoms with E-state index in [1.54, 1.807) is 0 Å². The van der Waals surface area contributed by atoms with Crippen LogP contribution in [-0.2, 0) is 9.47 Å². The maximum absolute atomic E-state index is 11.7. The molecule has 0 fully saturated rings. The lowest BCUT2D eigenvalue weighted by atomic mass is 10.1. The number of Topliss-reactive ketones (excluding diaryl/α,β-unsaturated/α-hetero) is 1. The van der Waals surface area contributed by atoms with Gasteiger partial charge in [-0.1, -0.05) is 25.2 Å². The number of carbonyl (C=O) groups is 2. The van der Waals surface area contributed by atoms with E-state index in [4.69, 9.17) is 4.74 Å². The van der Waals surface area contributed by atoms with Crippen molar-refractivity contribution < 1.29 is 19.1 Å². The molecule has 0 bridgehead atoms. The van der Waals surface area contributed by atoms with Gasteiger partial charge in [-0.3, -0.25) is 4.79 Å². The van der Waals surface area contributed by atoms with Crippen molar-refractivity contribution in [1.29, 1.82) is 0 Å². The summed E-state index contributed by atoms with van der Waals surface area (Å²) in [4.78, 5) is 27.8. The first kappa shape index (κ1) is 17.6. The quantitative estimate of drug-likeness (QED) is 0.587. The zero-order valence-corrected chi connectivity index (χ0v) is 13.9. The molecule has 0 amide bonds. The molecule has 1 heterocycles. The number of ether oxygens (including phenoxy) is 2. The van der Waals surface area contributed by atoms with Crippen LogP contribution in [0.4, 0.5) is 5.13 Å². The summed E-state index contributed by atoms with van der Waals surface area (Å²) in [6.07, 6.45) is 0.